The molecule has 25 heavy (non-hydrogen) atoms. The minimum atomic E-state index is -0.0580. The lowest BCUT2D eigenvalue weighted by Crippen LogP contribution is -2.26. The highest BCUT2D eigenvalue weighted by molar-refractivity contribution is 5.94. The van der Waals surface area contributed by atoms with Crippen molar-refractivity contribution in [3.63, 3.8) is 0 Å². The van der Waals surface area contributed by atoms with Crippen molar-refractivity contribution in [3.05, 3.63) is 59.5 Å². The van der Waals surface area contributed by atoms with Crippen LogP contribution in [0.3, 0.4) is 0 Å². The first-order valence-electron chi connectivity index (χ1n) is 8.51. The molecule has 0 saturated carbocycles. The van der Waals surface area contributed by atoms with E-state index in [1.807, 2.05) is 48.0 Å². The van der Waals surface area contributed by atoms with E-state index < -0.39 is 0 Å². The maximum Gasteiger partial charge on any atom is 0.251 e. The number of rotatable bonds is 4. The van der Waals surface area contributed by atoms with Crippen molar-refractivity contribution in [2.75, 3.05) is 6.54 Å². The van der Waals surface area contributed by atoms with E-state index in [1.54, 1.807) is 6.20 Å². The third-order valence-corrected chi connectivity index (χ3v) is 4.37. The van der Waals surface area contributed by atoms with Gasteiger partial charge in [0.25, 0.3) is 5.91 Å². The van der Waals surface area contributed by atoms with Crippen molar-refractivity contribution >= 4 is 17.1 Å². The van der Waals surface area contributed by atoms with E-state index in [4.69, 9.17) is 0 Å². The van der Waals surface area contributed by atoms with Crippen molar-refractivity contribution in [1.29, 1.82) is 0 Å². The molecule has 0 bridgehead atoms. The molecule has 130 valence electrons. The van der Waals surface area contributed by atoms with Crippen LogP contribution in [0.1, 0.15) is 42.5 Å². The Balaban J connectivity index is 1.61. The second-order valence-corrected chi connectivity index (χ2v) is 7.27. The lowest BCUT2D eigenvalue weighted by Gasteiger charge is -2.19. The molecule has 5 heteroatoms. The van der Waals surface area contributed by atoms with Gasteiger partial charge in [-0.25, -0.2) is 9.97 Å². The highest BCUT2D eigenvalue weighted by Crippen LogP contribution is 2.22. The van der Waals surface area contributed by atoms with Gasteiger partial charge >= 0.3 is 0 Å². The molecule has 3 aromatic rings. The molecule has 0 atom stereocenters. The first-order valence-corrected chi connectivity index (χ1v) is 8.51. The Morgan fingerprint density at radius 3 is 2.52 bits per heavy atom. The van der Waals surface area contributed by atoms with E-state index in [9.17, 15) is 4.79 Å². The molecule has 2 heterocycles. The van der Waals surface area contributed by atoms with E-state index in [0.717, 1.165) is 17.0 Å². The van der Waals surface area contributed by atoms with Gasteiger partial charge in [-0.3, -0.25) is 4.79 Å². The number of carbonyl (C=O) groups is 1. The van der Waals surface area contributed by atoms with Gasteiger partial charge in [0.2, 0.25) is 0 Å². The van der Waals surface area contributed by atoms with Crippen LogP contribution < -0.4 is 5.32 Å². The van der Waals surface area contributed by atoms with Gasteiger partial charge in [0.05, 0.1) is 0 Å². The van der Waals surface area contributed by atoms with Gasteiger partial charge in [-0.05, 0) is 35.2 Å². The molecule has 0 spiro atoms. The summed E-state index contributed by atoms with van der Waals surface area (Å²) in [5, 5.41) is 2.96. The molecule has 1 N–H and O–H groups in total. The third-order valence-electron chi connectivity index (χ3n) is 4.37. The SMILES string of the molecule is Cn1c(CCNC(=O)c2ccc(C(C)(C)C)cc2)nc2cccnc21. The van der Waals surface area contributed by atoms with Gasteiger partial charge in [-0.2, -0.15) is 0 Å². The Morgan fingerprint density at radius 1 is 1.16 bits per heavy atom. The molecule has 0 aliphatic rings. The highest BCUT2D eigenvalue weighted by Gasteiger charge is 2.14. The first kappa shape index (κ1) is 17.1. The molecule has 5 nitrogen and oxygen atoms in total. The van der Waals surface area contributed by atoms with Gasteiger partial charge in [0, 0.05) is 31.8 Å². The lowest BCUT2D eigenvalue weighted by molar-refractivity contribution is 0.0954. The van der Waals surface area contributed by atoms with Crippen molar-refractivity contribution in [2.24, 2.45) is 7.05 Å². The van der Waals surface area contributed by atoms with Crippen LogP contribution in [0.25, 0.3) is 11.2 Å². The van der Waals surface area contributed by atoms with E-state index >= 15 is 0 Å². The molecule has 0 aliphatic carbocycles. The fraction of sp³-hybridized carbons (Fsp3) is 0.350. The van der Waals surface area contributed by atoms with Gasteiger partial charge in [-0.15, -0.1) is 0 Å². The minimum absolute atomic E-state index is 0.0580. The highest BCUT2D eigenvalue weighted by atomic mass is 16.1. The summed E-state index contributed by atoms with van der Waals surface area (Å²) in [6.45, 7) is 7.02. The molecular weight excluding hydrogens is 312 g/mol. The number of hydrogen-bond donors (Lipinski definition) is 1. The average molecular weight is 336 g/mol. The van der Waals surface area contributed by atoms with Crippen molar-refractivity contribution in [1.82, 2.24) is 19.9 Å². The number of pyridine rings is 1. The number of imidazole rings is 1. The average Bonchev–Trinajstić information content (AvgIpc) is 2.91. The predicted octanol–water partition coefficient (Wildman–Crippen LogP) is 3.24. The molecule has 0 radical (unpaired) electrons. The summed E-state index contributed by atoms with van der Waals surface area (Å²) in [4.78, 5) is 21.2. The fourth-order valence-electron chi connectivity index (χ4n) is 2.81. The molecule has 2 aromatic heterocycles. The molecule has 0 unspecified atom stereocenters. The largest absolute Gasteiger partial charge is 0.352 e. The number of fused-ring (bicyclic) bond motifs is 1. The number of carbonyl (C=O) groups excluding carboxylic acids is 1. The monoisotopic (exact) mass is 336 g/mol. The molecule has 1 amide bonds. The maximum atomic E-state index is 12.3. The van der Waals surface area contributed by atoms with Crippen LogP contribution >= 0.6 is 0 Å². The van der Waals surface area contributed by atoms with Crippen molar-refractivity contribution < 1.29 is 4.79 Å². The summed E-state index contributed by atoms with van der Waals surface area (Å²) in [5.74, 6) is 0.856. The summed E-state index contributed by atoms with van der Waals surface area (Å²) in [5.41, 5.74) is 3.73. The molecule has 0 aliphatic heterocycles. The minimum Gasteiger partial charge on any atom is -0.352 e. The Morgan fingerprint density at radius 2 is 1.88 bits per heavy atom. The fourth-order valence-corrected chi connectivity index (χ4v) is 2.81. The second kappa shape index (κ2) is 6.67. The Bertz CT molecular complexity index is 888. The molecule has 0 fully saturated rings. The van der Waals surface area contributed by atoms with E-state index in [1.165, 1.54) is 5.56 Å². The first-order chi connectivity index (χ1) is 11.9. The van der Waals surface area contributed by atoms with Crippen LogP contribution in [0.5, 0.6) is 0 Å². The van der Waals surface area contributed by atoms with E-state index in [0.29, 0.717) is 18.5 Å². The Labute approximate surface area is 148 Å². The summed E-state index contributed by atoms with van der Waals surface area (Å²) in [6.07, 6.45) is 2.43. The Kier molecular flexibility index (Phi) is 4.57. The quantitative estimate of drug-likeness (QED) is 0.796. The van der Waals surface area contributed by atoms with Gasteiger partial charge in [0.15, 0.2) is 5.65 Å². The third kappa shape index (κ3) is 3.71. The number of aromatic nitrogens is 3. The molecular formula is C20H24N4O. The summed E-state index contributed by atoms with van der Waals surface area (Å²) in [7, 11) is 1.95. The summed E-state index contributed by atoms with van der Waals surface area (Å²) < 4.78 is 1.97. The van der Waals surface area contributed by atoms with E-state index in [-0.39, 0.29) is 11.3 Å². The summed E-state index contributed by atoms with van der Waals surface area (Å²) >= 11 is 0. The number of hydrogen-bond acceptors (Lipinski definition) is 3. The van der Waals surface area contributed by atoms with Gasteiger partial charge in [-0.1, -0.05) is 32.9 Å². The smallest absolute Gasteiger partial charge is 0.251 e. The van der Waals surface area contributed by atoms with Crippen molar-refractivity contribution in [2.45, 2.75) is 32.6 Å². The zero-order valence-electron chi connectivity index (χ0n) is 15.2. The Hall–Kier alpha value is -2.69. The van der Waals surface area contributed by atoms with Crippen LogP contribution in [0.2, 0.25) is 0 Å². The zero-order valence-corrected chi connectivity index (χ0v) is 15.2. The van der Waals surface area contributed by atoms with Crippen LogP contribution in [-0.2, 0) is 18.9 Å². The van der Waals surface area contributed by atoms with Crippen LogP contribution in [0.15, 0.2) is 42.6 Å². The number of benzene rings is 1. The standard InChI is InChI=1S/C20H24N4O/c1-20(2,3)15-9-7-14(8-10-15)19(25)22-13-11-17-23-16-6-5-12-21-18(16)24(17)4/h5-10,12H,11,13H2,1-4H3,(H,22,25). The number of amides is 1. The normalized spacial score (nSPS) is 11.7. The molecule has 1 aromatic carbocycles. The number of nitrogens with zero attached hydrogens (tertiary/aromatic N) is 3. The lowest BCUT2D eigenvalue weighted by atomic mass is 9.87. The topological polar surface area (TPSA) is 59.8 Å². The molecule has 3 rings (SSSR count). The van der Waals surface area contributed by atoms with Crippen LogP contribution in [0.4, 0.5) is 0 Å². The van der Waals surface area contributed by atoms with Gasteiger partial charge < -0.3 is 9.88 Å². The van der Waals surface area contributed by atoms with Crippen LogP contribution in [0, 0.1) is 0 Å². The van der Waals surface area contributed by atoms with Gasteiger partial charge in [0.1, 0.15) is 11.3 Å². The van der Waals surface area contributed by atoms with Crippen LogP contribution in [-0.4, -0.2) is 27.0 Å². The predicted molar refractivity (Wildman–Crippen MR) is 99.7 cm³/mol. The number of aryl methyl sites for hydroxylation is 1. The second-order valence-electron chi connectivity index (χ2n) is 7.27. The van der Waals surface area contributed by atoms with E-state index in [2.05, 4.69) is 36.1 Å². The zero-order chi connectivity index (χ0) is 18.0. The van der Waals surface area contributed by atoms with Crippen molar-refractivity contribution in [3.8, 4) is 0 Å². The summed E-state index contributed by atoms with van der Waals surface area (Å²) in [6, 6.07) is 11.6. The molecule has 0 saturated heterocycles. The maximum absolute atomic E-state index is 12.3. The number of nitrogens with one attached hydrogen (secondary N) is 1.